The molecule has 102 valence electrons. The summed E-state index contributed by atoms with van der Waals surface area (Å²) in [5.41, 5.74) is 7.20. The van der Waals surface area contributed by atoms with Gasteiger partial charge in [0.1, 0.15) is 4.99 Å². The second-order valence-corrected chi connectivity index (χ2v) is 5.42. The molecule has 0 aromatic heterocycles. The largest absolute Gasteiger partial charge is 0.389 e. The van der Waals surface area contributed by atoms with Gasteiger partial charge in [0.25, 0.3) is 0 Å². The van der Waals surface area contributed by atoms with Gasteiger partial charge >= 0.3 is 0 Å². The van der Waals surface area contributed by atoms with E-state index in [4.69, 9.17) is 29.6 Å². The Morgan fingerprint density at radius 3 is 2.79 bits per heavy atom. The van der Waals surface area contributed by atoms with E-state index >= 15 is 0 Å². The van der Waals surface area contributed by atoms with Crippen molar-refractivity contribution in [2.75, 3.05) is 18.4 Å². The molecule has 0 spiro atoms. The maximum Gasteiger partial charge on any atom is 0.223 e. The lowest BCUT2D eigenvalue weighted by molar-refractivity contribution is -0.122. The number of carbonyl (C=O) groups excluding carboxylic acids is 1. The van der Waals surface area contributed by atoms with Crippen LogP contribution in [0.15, 0.2) is 18.2 Å². The van der Waals surface area contributed by atoms with Crippen molar-refractivity contribution in [3.05, 3.63) is 28.8 Å². The lowest BCUT2D eigenvalue weighted by Crippen LogP contribution is -2.30. The fourth-order valence-corrected chi connectivity index (χ4v) is 2.09. The number of amides is 1. The Bertz CT molecular complexity index is 503. The average molecular weight is 298 g/mol. The third kappa shape index (κ3) is 4.08. The molecule has 4 N–H and O–H groups in total. The van der Waals surface area contributed by atoms with Crippen molar-refractivity contribution in [2.24, 2.45) is 11.7 Å². The second-order valence-electron chi connectivity index (χ2n) is 4.55. The van der Waals surface area contributed by atoms with Gasteiger partial charge in [-0.15, -0.1) is 0 Å². The molecule has 0 unspecified atom stereocenters. The number of benzene rings is 1. The molecule has 6 heteroatoms. The van der Waals surface area contributed by atoms with E-state index in [1.54, 1.807) is 12.1 Å². The van der Waals surface area contributed by atoms with E-state index in [1.807, 2.05) is 6.07 Å². The molecule has 0 heterocycles. The van der Waals surface area contributed by atoms with Gasteiger partial charge < -0.3 is 16.4 Å². The third-order valence-electron chi connectivity index (χ3n) is 2.93. The molecule has 1 aliphatic rings. The van der Waals surface area contributed by atoms with Gasteiger partial charge in [-0.1, -0.05) is 23.8 Å². The lowest BCUT2D eigenvalue weighted by atomic mass is 10.2. The van der Waals surface area contributed by atoms with Gasteiger partial charge in [0.15, 0.2) is 0 Å². The van der Waals surface area contributed by atoms with Crippen LogP contribution in [-0.2, 0) is 4.79 Å². The van der Waals surface area contributed by atoms with Crippen LogP contribution in [0.4, 0.5) is 5.69 Å². The van der Waals surface area contributed by atoms with E-state index in [0.717, 1.165) is 24.1 Å². The zero-order valence-electron chi connectivity index (χ0n) is 10.4. The van der Waals surface area contributed by atoms with E-state index in [9.17, 15) is 4.79 Å². The molecule has 2 rings (SSSR count). The first-order chi connectivity index (χ1) is 9.08. The quantitative estimate of drug-likeness (QED) is 0.554. The molecule has 0 bridgehead atoms. The Labute approximate surface area is 122 Å². The Hall–Kier alpha value is -1.33. The number of rotatable bonds is 6. The van der Waals surface area contributed by atoms with Crippen LogP contribution in [0.2, 0.25) is 5.02 Å². The topological polar surface area (TPSA) is 67.2 Å². The standard InChI is InChI=1S/C13H16ClN3OS/c14-9-3-4-11(10(7-9)12(15)19)16-5-6-17-13(18)8-1-2-8/h3-4,7-8,16H,1-2,5-6H2,(H2,15,19)(H,17,18). The third-order valence-corrected chi connectivity index (χ3v) is 3.39. The minimum Gasteiger partial charge on any atom is -0.389 e. The second kappa shape index (κ2) is 6.21. The molecule has 19 heavy (non-hydrogen) atoms. The highest BCUT2D eigenvalue weighted by Crippen LogP contribution is 2.28. The number of anilines is 1. The van der Waals surface area contributed by atoms with Crippen LogP contribution in [0.3, 0.4) is 0 Å². The summed E-state index contributed by atoms with van der Waals surface area (Å²) in [4.78, 5) is 11.7. The van der Waals surface area contributed by atoms with E-state index in [0.29, 0.717) is 23.1 Å². The van der Waals surface area contributed by atoms with Crippen LogP contribution in [0, 0.1) is 5.92 Å². The highest BCUT2D eigenvalue weighted by atomic mass is 35.5. The Kier molecular flexibility index (Phi) is 4.61. The van der Waals surface area contributed by atoms with E-state index in [-0.39, 0.29) is 11.8 Å². The van der Waals surface area contributed by atoms with Crippen LogP contribution >= 0.6 is 23.8 Å². The van der Waals surface area contributed by atoms with Crippen molar-refractivity contribution in [3.8, 4) is 0 Å². The summed E-state index contributed by atoms with van der Waals surface area (Å²) < 4.78 is 0. The Balaban J connectivity index is 1.84. The molecule has 1 aromatic carbocycles. The van der Waals surface area contributed by atoms with Crippen LogP contribution in [0.25, 0.3) is 0 Å². The van der Waals surface area contributed by atoms with Gasteiger partial charge in [-0.3, -0.25) is 4.79 Å². The minimum atomic E-state index is 0.146. The fourth-order valence-electron chi connectivity index (χ4n) is 1.75. The van der Waals surface area contributed by atoms with Crippen molar-refractivity contribution in [3.63, 3.8) is 0 Å². The predicted molar refractivity (Wildman–Crippen MR) is 81.6 cm³/mol. The number of nitrogens with two attached hydrogens (primary N) is 1. The maximum absolute atomic E-state index is 11.4. The molecule has 0 aliphatic heterocycles. The molecule has 4 nitrogen and oxygen atoms in total. The molecule has 1 fully saturated rings. The van der Waals surface area contributed by atoms with Crippen LogP contribution < -0.4 is 16.4 Å². The van der Waals surface area contributed by atoms with Crippen molar-refractivity contribution in [1.29, 1.82) is 0 Å². The average Bonchev–Trinajstić information content (AvgIpc) is 3.19. The zero-order valence-corrected chi connectivity index (χ0v) is 12.0. The summed E-state index contributed by atoms with van der Waals surface area (Å²) in [5, 5.41) is 6.67. The molecule has 1 aliphatic carbocycles. The molecule has 0 atom stereocenters. The van der Waals surface area contributed by atoms with Gasteiger partial charge in [-0.25, -0.2) is 0 Å². The van der Waals surface area contributed by atoms with Gasteiger partial charge in [0.2, 0.25) is 5.91 Å². The highest BCUT2D eigenvalue weighted by Gasteiger charge is 2.28. The fraction of sp³-hybridized carbons (Fsp3) is 0.385. The smallest absolute Gasteiger partial charge is 0.223 e. The van der Waals surface area contributed by atoms with Gasteiger partial charge in [0, 0.05) is 35.3 Å². The van der Waals surface area contributed by atoms with Gasteiger partial charge in [-0.05, 0) is 31.0 Å². The van der Waals surface area contributed by atoms with E-state index in [2.05, 4.69) is 10.6 Å². The van der Waals surface area contributed by atoms with Crippen molar-refractivity contribution in [2.45, 2.75) is 12.8 Å². The van der Waals surface area contributed by atoms with E-state index < -0.39 is 0 Å². The predicted octanol–water partition coefficient (Wildman–Crippen LogP) is 1.91. The number of nitrogens with one attached hydrogen (secondary N) is 2. The number of halogens is 1. The first-order valence-corrected chi connectivity index (χ1v) is 6.97. The SMILES string of the molecule is NC(=S)c1cc(Cl)ccc1NCCNC(=O)C1CC1. The molecule has 1 saturated carbocycles. The van der Waals surface area contributed by atoms with Crippen molar-refractivity contribution in [1.82, 2.24) is 5.32 Å². The zero-order chi connectivity index (χ0) is 13.8. The normalized spacial score (nSPS) is 13.9. The molecule has 1 aromatic rings. The molecule has 0 saturated heterocycles. The van der Waals surface area contributed by atoms with Crippen molar-refractivity contribution < 1.29 is 4.79 Å². The van der Waals surface area contributed by atoms with E-state index in [1.165, 1.54) is 0 Å². The number of hydrogen-bond acceptors (Lipinski definition) is 3. The first kappa shape index (κ1) is 14.1. The molecular weight excluding hydrogens is 282 g/mol. The van der Waals surface area contributed by atoms with Crippen LogP contribution in [-0.4, -0.2) is 24.0 Å². The molecule has 0 radical (unpaired) electrons. The van der Waals surface area contributed by atoms with Crippen LogP contribution in [0.5, 0.6) is 0 Å². The summed E-state index contributed by atoms with van der Waals surface area (Å²) in [5.74, 6) is 0.384. The summed E-state index contributed by atoms with van der Waals surface area (Å²) >= 11 is 10.9. The van der Waals surface area contributed by atoms with Crippen LogP contribution in [0.1, 0.15) is 18.4 Å². The maximum atomic E-state index is 11.4. The Morgan fingerprint density at radius 1 is 1.42 bits per heavy atom. The molecular formula is C13H16ClN3OS. The summed E-state index contributed by atoms with van der Waals surface area (Å²) in [7, 11) is 0. The van der Waals surface area contributed by atoms with Crippen molar-refractivity contribution >= 4 is 40.4 Å². The minimum absolute atomic E-state index is 0.146. The Morgan fingerprint density at radius 2 is 2.16 bits per heavy atom. The monoisotopic (exact) mass is 297 g/mol. The molecule has 1 amide bonds. The van der Waals surface area contributed by atoms with Gasteiger partial charge in [-0.2, -0.15) is 0 Å². The lowest BCUT2D eigenvalue weighted by Gasteiger charge is -2.12. The summed E-state index contributed by atoms with van der Waals surface area (Å²) in [6.07, 6.45) is 2.03. The number of thiocarbonyl (C=S) groups is 1. The number of carbonyl (C=O) groups is 1. The summed E-state index contributed by atoms with van der Waals surface area (Å²) in [6, 6.07) is 5.34. The highest BCUT2D eigenvalue weighted by molar-refractivity contribution is 7.80. The first-order valence-electron chi connectivity index (χ1n) is 6.19. The number of hydrogen-bond donors (Lipinski definition) is 3. The van der Waals surface area contributed by atoms with Gasteiger partial charge in [0.05, 0.1) is 0 Å². The summed E-state index contributed by atoms with van der Waals surface area (Å²) in [6.45, 7) is 1.20.